The van der Waals surface area contributed by atoms with Crippen molar-refractivity contribution in [2.24, 2.45) is 0 Å². The molecule has 3 nitrogen and oxygen atoms in total. The molecular weight excluding hydrogens is 248 g/mol. The van der Waals surface area contributed by atoms with Crippen LogP contribution in [0.2, 0.25) is 0 Å². The van der Waals surface area contributed by atoms with Gasteiger partial charge in [0.1, 0.15) is 5.75 Å². The molecule has 1 aromatic rings. The van der Waals surface area contributed by atoms with Crippen LogP contribution in [-0.4, -0.2) is 25.9 Å². The Morgan fingerprint density at radius 3 is 2.28 bits per heavy atom. The van der Waals surface area contributed by atoms with E-state index in [9.17, 15) is 4.79 Å². The maximum atomic E-state index is 10.9. The number of methoxy groups -OCH3 is 2. The Morgan fingerprint density at radius 2 is 1.78 bits per heavy atom. The first kappa shape index (κ1) is 16.8. The van der Waals surface area contributed by atoms with Gasteiger partial charge in [0.25, 0.3) is 0 Å². The third-order valence-electron chi connectivity index (χ3n) is 2.08. The van der Waals surface area contributed by atoms with Crippen molar-refractivity contribution >= 4 is 17.7 Å². The summed E-state index contributed by atoms with van der Waals surface area (Å²) >= 11 is 1.73. The SMILES string of the molecule is CC.COC(=O)CCCSc1ccc(OC)cc1. The first-order chi connectivity index (χ1) is 8.76. The van der Waals surface area contributed by atoms with Gasteiger partial charge in [-0.1, -0.05) is 13.8 Å². The normalized spacial score (nSPS) is 9.11. The molecule has 0 amide bonds. The molecule has 18 heavy (non-hydrogen) atoms. The zero-order chi connectivity index (χ0) is 13.8. The van der Waals surface area contributed by atoms with E-state index in [0.717, 1.165) is 17.9 Å². The van der Waals surface area contributed by atoms with Crippen molar-refractivity contribution in [3.63, 3.8) is 0 Å². The maximum Gasteiger partial charge on any atom is 0.305 e. The predicted octanol–water partition coefficient (Wildman–Crippen LogP) is 3.77. The summed E-state index contributed by atoms with van der Waals surface area (Å²) in [6.45, 7) is 4.00. The molecule has 1 aromatic carbocycles. The molecule has 4 heteroatoms. The van der Waals surface area contributed by atoms with Crippen LogP contribution in [0.15, 0.2) is 29.2 Å². The second kappa shape index (κ2) is 11.0. The number of carbonyl (C=O) groups excluding carboxylic acids is 1. The summed E-state index contributed by atoms with van der Waals surface area (Å²) in [5, 5.41) is 0. The summed E-state index contributed by atoms with van der Waals surface area (Å²) in [6.07, 6.45) is 1.32. The molecular formula is C14H22O3S. The van der Waals surface area contributed by atoms with Gasteiger partial charge in [-0.15, -0.1) is 11.8 Å². The number of hydrogen-bond donors (Lipinski definition) is 0. The molecule has 0 atom stereocenters. The molecule has 0 heterocycles. The highest BCUT2D eigenvalue weighted by Crippen LogP contribution is 2.22. The van der Waals surface area contributed by atoms with Crippen LogP contribution in [0.1, 0.15) is 26.7 Å². The average Bonchev–Trinajstić information content (AvgIpc) is 2.46. The molecule has 0 N–H and O–H groups in total. The van der Waals surface area contributed by atoms with Gasteiger partial charge in [0, 0.05) is 11.3 Å². The minimum Gasteiger partial charge on any atom is -0.497 e. The van der Waals surface area contributed by atoms with E-state index >= 15 is 0 Å². The van der Waals surface area contributed by atoms with Gasteiger partial charge in [-0.25, -0.2) is 0 Å². The molecule has 0 aromatic heterocycles. The summed E-state index contributed by atoms with van der Waals surface area (Å²) in [5.41, 5.74) is 0. The van der Waals surface area contributed by atoms with Gasteiger partial charge in [-0.2, -0.15) is 0 Å². The van der Waals surface area contributed by atoms with E-state index in [-0.39, 0.29) is 5.97 Å². The predicted molar refractivity (Wildman–Crippen MR) is 76.3 cm³/mol. The quantitative estimate of drug-likeness (QED) is 0.448. The lowest BCUT2D eigenvalue weighted by atomic mass is 10.3. The van der Waals surface area contributed by atoms with Crippen molar-refractivity contribution < 1.29 is 14.3 Å². The zero-order valence-electron chi connectivity index (χ0n) is 11.6. The second-order valence-corrected chi connectivity index (χ2v) is 4.37. The lowest BCUT2D eigenvalue weighted by molar-refractivity contribution is -0.140. The molecule has 0 radical (unpaired) electrons. The average molecular weight is 270 g/mol. The molecule has 0 aliphatic carbocycles. The van der Waals surface area contributed by atoms with Crippen molar-refractivity contribution in [2.75, 3.05) is 20.0 Å². The van der Waals surface area contributed by atoms with Crippen LogP contribution >= 0.6 is 11.8 Å². The van der Waals surface area contributed by atoms with Crippen LogP contribution < -0.4 is 4.74 Å². The lowest BCUT2D eigenvalue weighted by Gasteiger charge is -2.03. The van der Waals surface area contributed by atoms with Gasteiger partial charge >= 0.3 is 5.97 Å². The second-order valence-electron chi connectivity index (χ2n) is 3.20. The van der Waals surface area contributed by atoms with E-state index < -0.39 is 0 Å². The van der Waals surface area contributed by atoms with Crippen molar-refractivity contribution in [1.29, 1.82) is 0 Å². The van der Waals surface area contributed by atoms with Gasteiger partial charge in [-0.05, 0) is 36.4 Å². The molecule has 0 saturated carbocycles. The minimum atomic E-state index is -0.143. The smallest absolute Gasteiger partial charge is 0.305 e. The maximum absolute atomic E-state index is 10.9. The lowest BCUT2D eigenvalue weighted by Crippen LogP contribution is -1.99. The summed E-state index contributed by atoms with van der Waals surface area (Å²) in [5.74, 6) is 1.63. The minimum absolute atomic E-state index is 0.143. The first-order valence-electron chi connectivity index (χ1n) is 6.10. The van der Waals surface area contributed by atoms with E-state index in [1.165, 1.54) is 12.0 Å². The molecule has 0 spiro atoms. The molecule has 0 saturated heterocycles. The van der Waals surface area contributed by atoms with Crippen LogP contribution in [-0.2, 0) is 9.53 Å². The number of carbonyl (C=O) groups is 1. The Kier molecular flexibility index (Phi) is 10.3. The number of benzene rings is 1. The van der Waals surface area contributed by atoms with Crippen LogP contribution in [0.5, 0.6) is 5.75 Å². The monoisotopic (exact) mass is 270 g/mol. The number of rotatable bonds is 6. The number of hydrogen-bond acceptors (Lipinski definition) is 4. The zero-order valence-corrected chi connectivity index (χ0v) is 12.4. The Hall–Kier alpha value is -1.16. The topological polar surface area (TPSA) is 35.5 Å². The van der Waals surface area contributed by atoms with Crippen LogP contribution in [0.3, 0.4) is 0 Å². The van der Waals surface area contributed by atoms with E-state index in [4.69, 9.17) is 4.74 Å². The van der Waals surface area contributed by atoms with Gasteiger partial charge in [0.05, 0.1) is 14.2 Å². The standard InChI is InChI=1S/C12H16O3S.C2H6/c1-14-10-5-7-11(8-6-10)16-9-3-4-12(13)15-2;1-2/h5-8H,3-4,9H2,1-2H3;1-2H3. The van der Waals surface area contributed by atoms with Crippen LogP contribution in [0.4, 0.5) is 0 Å². The van der Waals surface area contributed by atoms with E-state index in [0.29, 0.717) is 6.42 Å². The summed E-state index contributed by atoms with van der Waals surface area (Å²) in [4.78, 5) is 12.0. The van der Waals surface area contributed by atoms with Crippen LogP contribution in [0.25, 0.3) is 0 Å². The van der Waals surface area contributed by atoms with Crippen molar-refractivity contribution in [1.82, 2.24) is 0 Å². The van der Waals surface area contributed by atoms with Crippen molar-refractivity contribution in [2.45, 2.75) is 31.6 Å². The molecule has 0 aliphatic rings. The highest BCUT2D eigenvalue weighted by Gasteiger charge is 2.00. The molecule has 0 fully saturated rings. The van der Waals surface area contributed by atoms with Crippen molar-refractivity contribution in [3.8, 4) is 5.75 Å². The van der Waals surface area contributed by atoms with Gasteiger partial charge in [-0.3, -0.25) is 4.79 Å². The van der Waals surface area contributed by atoms with Gasteiger partial charge in [0.2, 0.25) is 0 Å². The summed E-state index contributed by atoms with van der Waals surface area (Å²) in [7, 11) is 3.07. The Labute approximate surface area is 114 Å². The Balaban J connectivity index is 0.00000137. The fourth-order valence-electron chi connectivity index (χ4n) is 1.18. The molecule has 102 valence electrons. The molecule has 1 rings (SSSR count). The fourth-order valence-corrected chi connectivity index (χ4v) is 2.03. The number of esters is 1. The van der Waals surface area contributed by atoms with E-state index in [1.807, 2.05) is 38.1 Å². The molecule has 0 aliphatic heterocycles. The highest BCUT2D eigenvalue weighted by molar-refractivity contribution is 7.99. The fraction of sp³-hybridized carbons (Fsp3) is 0.500. The van der Waals surface area contributed by atoms with Gasteiger partial charge in [0.15, 0.2) is 0 Å². The van der Waals surface area contributed by atoms with Crippen molar-refractivity contribution in [3.05, 3.63) is 24.3 Å². The molecule has 0 bridgehead atoms. The highest BCUT2D eigenvalue weighted by atomic mass is 32.2. The van der Waals surface area contributed by atoms with Gasteiger partial charge < -0.3 is 9.47 Å². The largest absolute Gasteiger partial charge is 0.497 e. The first-order valence-corrected chi connectivity index (χ1v) is 7.08. The van der Waals surface area contributed by atoms with Crippen LogP contribution in [0, 0.1) is 0 Å². The molecule has 0 unspecified atom stereocenters. The Morgan fingerprint density at radius 1 is 1.17 bits per heavy atom. The number of thioether (sulfide) groups is 1. The third kappa shape index (κ3) is 7.22. The summed E-state index contributed by atoms with van der Waals surface area (Å²) in [6, 6.07) is 7.90. The van der Waals surface area contributed by atoms with E-state index in [2.05, 4.69) is 4.74 Å². The Bertz CT molecular complexity index is 322. The third-order valence-corrected chi connectivity index (χ3v) is 3.18. The number of ether oxygens (including phenoxy) is 2. The summed E-state index contributed by atoms with van der Waals surface area (Å²) < 4.78 is 9.64. The van der Waals surface area contributed by atoms with E-state index in [1.54, 1.807) is 18.9 Å².